The van der Waals surface area contributed by atoms with Gasteiger partial charge in [-0.1, -0.05) is 12.1 Å². The standard InChI is InChI=1S/C16H16N4OS/c21-16(14-9-17-10-22-14)20-8-4-3-7-13(20)15-18-11-5-1-2-6-12(11)19-15/h1-2,5-6,9-10,13H,3-4,7-8H2,(H,18,19). The van der Waals surface area contributed by atoms with Gasteiger partial charge in [0.05, 0.1) is 28.8 Å². The molecule has 1 aliphatic heterocycles. The SMILES string of the molecule is O=C(c1cncs1)N1CCCCC1c1nc2ccccc2[nH]1. The van der Waals surface area contributed by atoms with E-state index in [1.54, 1.807) is 11.7 Å². The molecule has 0 aliphatic carbocycles. The zero-order valence-corrected chi connectivity index (χ0v) is 12.8. The second-order valence-corrected chi connectivity index (χ2v) is 6.40. The van der Waals surface area contributed by atoms with Gasteiger partial charge in [-0.25, -0.2) is 4.98 Å². The van der Waals surface area contributed by atoms with Crippen LogP contribution in [-0.4, -0.2) is 32.3 Å². The molecule has 1 saturated heterocycles. The number of carbonyl (C=O) groups is 1. The molecule has 0 radical (unpaired) electrons. The number of H-pyrrole nitrogens is 1. The molecule has 3 aromatic rings. The monoisotopic (exact) mass is 312 g/mol. The van der Waals surface area contributed by atoms with Crippen LogP contribution in [0.4, 0.5) is 0 Å². The molecule has 1 amide bonds. The van der Waals surface area contributed by atoms with E-state index in [9.17, 15) is 4.79 Å². The fourth-order valence-corrected chi connectivity index (χ4v) is 3.63. The summed E-state index contributed by atoms with van der Waals surface area (Å²) in [4.78, 5) is 27.4. The first-order valence-corrected chi connectivity index (χ1v) is 8.35. The minimum atomic E-state index is 0.0238. The summed E-state index contributed by atoms with van der Waals surface area (Å²) in [6.45, 7) is 0.776. The molecule has 112 valence electrons. The van der Waals surface area contributed by atoms with Crippen LogP contribution in [0.5, 0.6) is 0 Å². The number of carbonyl (C=O) groups excluding carboxylic acids is 1. The van der Waals surface area contributed by atoms with Crippen LogP contribution in [0.3, 0.4) is 0 Å². The van der Waals surface area contributed by atoms with Crippen LogP contribution in [-0.2, 0) is 0 Å². The first-order chi connectivity index (χ1) is 10.8. The zero-order valence-electron chi connectivity index (χ0n) is 12.0. The maximum atomic E-state index is 12.7. The molecule has 5 nitrogen and oxygen atoms in total. The van der Waals surface area contributed by atoms with Crippen molar-refractivity contribution in [3.05, 3.63) is 46.7 Å². The third-order valence-electron chi connectivity index (χ3n) is 4.13. The number of rotatable bonds is 2. The average molecular weight is 312 g/mol. The number of nitrogens with one attached hydrogen (secondary N) is 1. The van der Waals surface area contributed by atoms with E-state index in [1.807, 2.05) is 29.2 Å². The number of likely N-dealkylation sites (tertiary alicyclic amines) is 1. The Kier molecular flexibility index (Phi) is 3.38. The van der Waals surface area contributed by atoms with Crippen molar-refractivity contribution in [2.75, 3.05) is 6.54 Å². The van der Waals surface area contributed by atoms with Gasteiger partial charge in [0, 0.05) is 6.54 Å². The summed E-state index contributed by atoms with van der Waals surface area (Å²) in [6.07, 6.45) is 4.76. The highest BCUT2D eigenvalue weighted by atomic mass is 32.1. The molecule has 22 heavy (non-hydrogen) atoms. The number of para-hydroxylation sites is 2. The number of fused-ring (bicyclic) bond motifs is 1. The molecule has 0 saturated carbocycles. The number of nitrogens with zero attached hydrogens (tertiary/aromatic N) is 3. The Bertz CT molecular complexity index is 762. The Hall–Kier alpha value is -2.21. The van der Waals surface area contributed by atoms with Crippen molar-refractivity contribution in [3.63, 3.8) is 0 Å². The number of benzene rings is 1. The largest absolute Gasteiger partial charge is 0.340 e. The Morgan fingerprint density at radius 2 is 2.23 bits per heavy atom. The molecule has 1 unspecified atom stereocenters. The van der Waals surface area contributed by atoms with Crippen molar-refractivity contribution in [1.29, 1.82) is 0 Å². The molecule has 6 heteroatoms. The fraction of sp³-hybridized carbons (Fsp3) is 0.312. The molecule has 1 aromatic carbocycles. The van der Waals surface area contributed by atoms with Crippen LogP contribution in [0.25, 0.3) is 11.0 Å². The minimum absolute atomic E-state index is 0.0238. The van der Waals surface area contributed by atoms with Crippen LogP contribution >= 0.6 is 11.3 Å². The van der Waals surface area contributed by atoms with Gasteiger partial charge in [0.25, 0.3) is 5.91 Å². The highest BCUT2D eigenvalue weighted by Crippen LogP contribution is 2.32. The lowest BCUT2D eigenvalue weighted by Gasteiger charge is -2.34. The van der Waals surface area contributed by atoms with Crippen LogP contribution in [0, 0.1) is 0 Å². The van der Waals surface area contributed by atoms with Gasteiger partial charge in [-0.3, -0.25) is 9.78 Å². The molecule has 1 atom stereocenters. The van der Waals surface area contributed by atoms with Crippen molar-refractivity contribution in [2.24, 2.45) is 0 Å². The van der Waals surface area contributed by atoms with Crippen LogP contribution in [0.2, 0.25) is 0 Å². The number of amides is 1. The quantitative estimate of drug-likeness (QED) is 0.789. The Labute approximate surface area is 132 Å². The number of aromatic nitrogens is 3. The Morgan fingerprint density at radius 1 is 1.32 bits per heavy atom. The number of imidazole rings is 1. The van der Waals surface area contributed by atoms with Crippen molar-refractivity contribution < 1.29 is 4.79 Å². The summed E-state index contributed by atoms with van der Waals surface area (Å²) in [7, 11) is 0. The average Bonchev–Trinajstić information content (AvgIpc) is 3.23. The van der Waals surface area contributed by atoms with Gasteiger partial charge >= 0.3 is 0 Å². The Morgan fingerprint density at radius 3 is 3.05 bits per heavy atom. The van der Waals surface area contributed by atoms with E-state index in [2.05, 4.69) is 15.0 Å². The van der Waals surface area contributed by atoms with E-state index >= 15 is 0 Å². The molecule has 0 spiro atoms. The molecule has 1 N–H and O–H groups in total. The van der Waals surface area contributed by atoms with E-state index in [0.717, 1.165) is 42.7 Å². The third kappa shape index (κ3) is 2.29. The second kappa shape index (κ2) is 5.53. The van der Waals surface area contributed by atoms with E-state index in [-0.39, 0.29) is 11.9 Å². The number of hydrogen-bond acceptors (Lipinski definition) is 4. The first-order valence-electron chi connectivity index (χ1n) is 7.47. The van der Waals surface area contributed by atoms with Gasteiger partial charge in [0.15, 0.2) is 0 Å². The zero-order chi connectivity index (χ0) is 14.9. The molecule has 1 fully saturated rings. The van der Waals surface area contributed by atoms with Gasteiger partial charge in [-0.15, -0.1) is 11.3 Å². The van der Waals surface area contributed by atoms with Crippen LogP contribution in [0.1, 0.15) is 40.8 Å². The summed E-state index contributed by atoms with van der Waals surface area (Å²) in [5, 5.41) is 0. The number of hydrogen-bond donors (Lipinski definition) is 1. The van der Waals surface area contributed by atoms with E-state index < -0.39 is 0 Å². The summed E-state index contributed by atoms with van der Waals surface area (Å²) >= 11 is 1.39. The van der Waals surface area contributed by atoms with Crippen molar-refractivity contribution in [2.45, 2.75) is 25.3 Å². The van der Waals surface area contributed by atoms with Crippen molar-refractivity contribution >= 4 is 28.3 Å². The van der Waals surface area contributed by atoms with Crippen molar-refractivity contribution in [3.8, 4) is 0 Å². The summed E-state index contributed by atoms with van der Waals surface area (Å²) in [6, 6.07) is 8.01. The highest BCUT2D eigenvalue weighted by Gasteiger charge is 2.31. The van der Waals surface area contributed by atoms with E-state index in [1.165, 1.54) is 11.3 Å². The predicted octanol–water partition coefficient (Wildman–Crippen LogP) is 3.39. The Balaban J connectivity index is 1.69. The van der Waals surface area contributed by atoms with Gasteiger partial charge in [0.1, 0.15) is 10.7 Å². The molecular weight excluding hydrogens is 296 g/mol. The summed E-state index contributed by atoms with van der Waals surface area (Å²) < 4.78 is 0. The van der Waals surface area contributed by atoms with Gasteiger partial charge in [-0.2, -0.15) is 0 Å². The maximum absolute atomic E-state index is 12.7. The topological polar surface area (TPSA) is 61.9 Å². The number of aromatic amines is 1. The van der Waals surface area contributed by atoms with Crippen LogP contribution in [0.15, 0.2) is 36.0 Å². The summed E-state index contributed by atoms with van der Waals surface area (Å²) in [5.41, 5.74) is 3.68. The lowest BCUT2D eigenvalue weighted by Crippen LogP contribution is -2.38. The summed E-state index contributed by atoms with van der Waals surface area (Å²) in [5.74, 6) is 0.950. The normalized spacial score (nSPS) is 18.7. The number of piperidine rings is 1. The molecule has 3 heterocycles. The van der Waals surface area contributed by atoms with Crippen LogP contribution < -0.4 is 0 Å². The lowest BCUT2D eigenvalue weighted by atomic mass is 10.0. The fourth-order valence-electron chi connectivity index (χ4n) is 3.05. The van der Waals surface area contributed by atoms with Crippen molar-refractivity contribution in [1.82, 2.24) is 19.9 Å². The molecular formula is C16H16N4OS. The van der Waals surface area contributed by atoms with E-state index in [0.29, 0.717) is 4.88 Å². The van der Waals surface area contributed by atoms with Gasteiger partial charge in [0.2, 0.25) is 0 Å². The van der Waals surface area contributed by atoms with Gasteiger partial charge < -0.3 is 9.88 Å². The second-order valence-electron chi connectivity index (χ2n) is 5.52. The third-order valence-corrected chi connectivity index (χ3v) is 4.89. The molecule has 1 aliphatic rings. The predicted molar refractivity (Wildman–Crippen MR) is 85.8 cm³/mol. The minimum Gasteiger partial charge on any atom is -0.340 e. The molecule has 4 rings (SSSR count). The highest BCUT2D eigenvalue weighted by molar-refractivity contribution is 7.11. The maximum Gasteiger partial charge on any atom is 0.266 e. The smallest absolute Gasteiger partial charge is 0.266 e. The number of thiazole rings is 1. The van der Waals surface area contributed by atoms with E-state index in [4.69, 9.17) is 0 Å². The molecule has 2 aromatic heterocycles. The lowest BCUT2D eigenvalue weighted by molar-refractivity contribution is 0.0606. The first kappa shape index (κ1) is 13.5. The van der Waals surface area contributed by atoms with Gasteiger partial charge in [-0.05, 0) is 31.4 Å². The molecule has 0 bridgehead atoms.